The third-order valence-corrected chi connectivity index (χ3v) is 4.86. The molecule has 9 heteroatoms. The lowest BCUT2D eigenvalue weighted by Crippen LogP contribution is -2.32. The van der Waals surface area contributed by atoms with Crippen molar-refractivity contribution in [1.29, 1.82) is 0 Å². The second-order valence-electron chi connectivity index (χ2n) is 6.48. The summed E-state index contributed by atoms with van der Waals surface area (Å²) in [6.45, 7) is 4.67. The number of rotatable bonds is 6. The van der Waals surface area contributed by atoms with E-state index < -0.39 is 0 Å². The van der Waals surface area contributed by atoms with Gasteiger partial charge < -0.3 is 15.0 Å². The van der Waals surface area contributed by atoms with E-state index in [-0.39, 0.29) is 18.3 Å². The zero-order valence-corrected chi connectivity index (χ0v) is 17.1. The van der Waals surface area contributed by atoms with Crippen molar-refractivity contribution in [2.45, 2.75) is 25.8 Å². The summed E-state index contributed by atoms with van der Waals surface area (Å²) in [6, 6.07) is 7.51. The molecule has 0 bridgehead atoms. The number of benzene rings is 1. The maximum Gasteiger partial charge on any atom is 0.276 e. The molecule has 1 aromatic carbocycles. The molecule has 1 aliphatic rings. The molecule has 2 aromatic rings. The maximum absolute atomic E-state index is 12.7. The zero-order valence-electron chi connectivity index (χ0n) is 15.5. The molecular formula is C18H25Cl2N5O2. The fraction of sp³-hybridized carbons (Fsp3) is 0.500. The van der Waals surface area contributed by atoms with Crippen LogP contribution in [0.1, 0.15) is 35.1 Å². The molecule has 0 saturated carbocycles. The Labute approximate surface area is 170 Å². The van der Waals surface area contributed by atoms with Crippen LogP contribution in [-0.2, 0) is 0 Å². The molecule has 1 fully saturated rings. The number of amides is 1. The van der Waals surface area contributed by atoms with Crippen LogP contribution < -0.4 is 10.1 Å². The van der Waals surface area contributed by atoms with Gasteiger partial charge >= 0.3 is 0 Å². The highest BCUT2D eigenvalue weighted by atomic mass is 35.5. The first kappa shape index (κ1) is 21.5. The highest BCUT2D eigenvalue weighted by Crippen LogP contribution is 2.21. The Morgan fingerprint density at radius 2 is 2.15 bits per heavy atom. The van der Waals surface area contributed by atoms with Gasteiger partial charge in [0, 0.05) is 12.1 Å². The van der Waals surface area contributed by atoms with Gasteiger partial charge in [-0.2, -0.15) is 0 Å². The molecule has 0 radical (unpaired) electrons. The molecular weight excluding hydrogens is 389 g/mol. The molecule has 0 aliphatic carbocycles. The van der Waals surface area contributed by atoms with Gasteiger partial charge in [0.2, 0.25) is 0 Å². The largest absolute Gasteiger partial charge is 0.492 e. The summed E-state index contributed by atoms with van der Waals surface area (Å²) in [5.74, 6) is 0.545. The molecule has 3 rings (SSSR count). The second kappa shape index (κ2) is 9.92. The van der Waals surface area contributed by atoms with Gasteiger partial charge in [-0.3, -0.25) is 4.79 Å². The van der Waals surface area contributed by atoms with Crippen LogP contribution >= 0.6 is 24.0 Å². The van der Waals surface area contributed by atoms with E-state index in [2.05, 4.69) is 15.6 Å². The van der Waals surface area contributed by atoms with E-state index in [1.54, 1.807) is 24.1 Å². The highest BCUT2D eigenvalue weighted by molar-refractivity contribution is 6.30. The maximum atomic E-state index is 12.7. The van der Waals surface area contributed by atoms with Gasteiger partial charge in [0.05, 0.1) is 18.3 Å². The first-order chi connectivity index (χ1) is 12.6. The van der Waals surface area contributed by atoms with E-state index >= 15 is 0 Å². The van der Waals surface area contributed by atoms with Crippen LogP contribution in [0.15, 0.2) is 24.3 Å². The summed E-state index contributed by atoms with van der Waals surface area (Å²) in [7, 11) is 1.74. The number of nitrogens with zero attached hydrogens (tertiary/aromatic N) is 4. The molecule has 1 saturated heterocycles. The molecule has 0 unspecified atom stereocenters. The lowest BCUT2D eigenvalue weighted by Gasteiger charge is -2.23. The number of halogens is 2. The smallest absolute Gasteiger partial charge is 0.276 e. The number of hydrogen-bond acceptors (Lipinski definition) is 5. The number of ether oxygens (including phenoxy) is 1. The Hall–Kier alpha value is -1.83. The number of nitrogens with one attached hydrogen (secondary N) is 1. The third kappa shape index (κ3) is 5.34. The van der Waals surface area contributed by atoms with Crippen LogP contribution in [0, 0.1) is 6.92 Å². The average molecular weight is 414 g/mol. The Bertz CT molecular complexity index is 762. The van der Waals surface area contributed by atoms with Crippen molar-refractivity contribution in [2.75, 3.05) is 33.3 Å². The van der Waals surface area contributed by atoms with Gasteiger partial charge in [-0.15, -0.1) is 17.5 Å². The van der Waals surface area contributed by atoms with E-state index in [1.165, 1.54) is 0 Å². The summed E-state index contributed by atoms with van der Waals surface area (Å²) in [4.78, 5) is 14.3. The summed E-state index contributed by atoms with van der Waals surface area (Å²) in [5.41, 5.74) is 1.23. The van der Waals surface area contributed by atoms with Crippen molar-refractivity contribution < 1.29 is 9.53 Å². The molecule has 27 heavy (non-hydrogen) atoms. The monoisotopic (exact) mass is 413 g/mol. The predicted molar refractivity (Wildman–Crippen MR) is 107 cm³/mol. The van der Waals surface area contributed by atoms with Crippen molar-refractivity contribution in [3.63, 3.8) is 0 Å². The molecule has 1 aromatic heterocycles. The molecule has 0 atom stereocenters. The van der Waals surface area contributed by atoms with Crippen molar-refractivity contribution in [2.24, 2.45) is 0 Å². The minimum Gasteiger partial charge on any atom is -0.492 e. The van der Waals surface area contributed by atoms with Crippen LogP contribution in [-0.4, -0.2) is 59.1 Å². The molecule has 1 amide bonds. The minimum absolute atomic E-state index is 0. The van der Waals surface area contributed by atoms with Gasteiger partial charge in [-0.1, -0.05) is 22.9 Å². The minimum atomic E-state index is -0.141. The Morgan fingerprint density at radius 1 is 1.41 bits per heavy atom. The summed E-state index contributed by atoms with van der Waals surface area (Å²) in [5, 5.41) is 12.3. The number of carbonyl (C=O) groups is 1. The molecule has 1 N–H and O–H groups in total. The van der Waals surface area contributed by atoms with E-state index in [0.717, 1.165) is 31.6 Å². The topological polar surface area (TPSA) is 72.3 Å². The van der Waals surface area contributed by atoms with Gasteiger partial charge in [0.15, 0.2) is 5.69 Å². The van der Waals surface area contributed by atoms with Gasteiger partial charge in [-0.25, -0.2) is 4.68 Å². The summed E-state index contributed by atoms with van der Waals surface area (Å²) >= 11 is 5.93. The van der Waals surface area contributed by atoms with Crippen molar-refractivity contribution >= 4 is 29.9 Å². The number of aromatic nitrogens is 3. The van der Waals surface area contributed by atoms with Crippen LogP contribution in [0.3, 0.4) is 0 Å². The zero-order chi connectivity index (χ0) is 18.5. The second-order valence-corrected chi connectivity index (χ2v) is 6.92. The van der Waals surface area contributed by atoms with Crippen LogP contribution in [0.25, 0.3) is 0 Å². The quantitative estimate of drug-likeness (QED) is 0.787. The number of piperidine rings is 1. The van der Waals surface area contributed by atoms with Crippen LogP contribution in [0.2, 0.25) is 5.02 Å². The molecule has 0 spiro atoms. The molecule has 2 heterocycles. The van der Waals surface area contributed by atoms with E-state index in [9.17, 15) is 4.79 Å². The Morgan fingerprint density at radius 3 is 2.85 bits per heavy atom. The van der Waals surface area contributed by atoms with E-state index in [4.69, 9.17) is 16.3 Å². The first-order valence-corrected chi connectivity index (χ1v) is 9.20. The van der Waals surface area contributed by atoms with Crippen molar-refractivity contribution in [3.8, 4) is 5.75 Å². The van der Waals surface area contributed by atoms with E-state index in [1.807, 2.05) is 23.7 Å². The lowest BCUT2D eigenvalue weighted by molar-refractivity contribution is 0.0767. The van der Waals surface area contributed by atoms with Crippen molar-refractivity contribution in [3.05, 3.63) is 40.7 Å². The summed E-state index contributed by atoms with van der Waals surface area (Å²) in [6.07, 6.45) is 2.00. The van der Waals surface area contributed by atoms with E-state index in [0.29, 0.717) is 35.7 Å². The van der Waals surface area contributed by atoms with Gasteiger partial charge in [-0.05, 0) is 51.1 Å². The fourth-order valence-electron chi connectivity index (χ4n) is 3.08. The molecule has 1 aliphatic heterocycles. The van der Waals surface area contributed by atoms with Crippen LogP contribution in [0.4, 0.5) is 0 Å². The molecule has 7 nitrogen and oxygen atoms in total. The van der Waals surface area contributed by atoms with Gasteiger partial charge in [0.25, 0.3) is 5.91 Å². The summed E-state index contributed by atoms with van der Waals surface area (Å²) < 4.78 is 7.54. The normalized spacial score (nSPS) is 14.5. The van der Waals surface area contributed by atoms with Crippen molar-refractivity contribution in [1.82, 2.24) is 25.2 Å². The Balaban J connectivity index is 0.00000261. The fourth-order valence-corrected chi connectivity index (χ4v) is 3.26. The number of carbonyl (C=O) groups excluding carboxylic acids is 1. The number of hydrogen-bond donors (Lipinski definition) is 1. The third-order valence-electron chi connectivity index (χ3n) is 4.62. The molecule has 148 valence electrons. The number of likely N-dealkylation sites (N-methyl/N-ethyl adjacent to an activating group) is 1. The lowest BCUT2D eigenvalue weighted by atomic mass is 10.1. The standard InChI is InChI=1S/C18H24ClN5O2.ClH/c1-13-17(21-22-24(13)15-6-8-20-9-7-15)18(25)23(2)10-11-26-16-5-3-4-14(19)12-16;/h3-5,12,15,20H,6-11H2,1-2H3;1H. The average Bonchev–Trinajstić information content (AvgIpc) is 3.03. The first-order valence-electron chi connectivity index (χ1n) is 8.82. The van der Waals surface area contributed by atoms with Crippen LogP contribution in [0.5, 0.6) is 5.75 Å². The predicted octanol–water partition coefficient (Wildman–Crippen LogP) is 2.74. The SMILES string of the molecule is Cc1c(C(=O)N(C)CCOc2cccc(Cl)c2)nnn1C1CCNCC1.Cl. The highest BCUT2D eigenvalue weighted by Gasteiger charge is 2.24. The Kier molecular flexibility index (Phi) is 7.89. The van der Waals surface area contributed by atoms with Gasteiger partial charge in [0.1, 0.15) is 12.4 Å².